The van der Waals surface area contributed by atoms with Crippen LogP contribution >= 0.6 is 11.3 Å². The number of likely N-dealkylation sites (tertiary alicyclic amines) is 2. The van der Waals surface area contributed by atoms with Gasteiger partial charge in [-0.15, -0.1) is 10.2 Å². The molecular weight excluding hydrogens is 602 g/mol. The van der Waals surface area contributed by atoms with Crippen LogP contribution in [-0.2, 0) is 10.0 Å². The summed E-state index contributed by atoms with van der Waals surface area (Å²) in [5.41, 5.74) is 1.13. The first-order chi connectivity index (χ1) is 20.5. The van der Waals surface area contributed by atoms with E-state index in [-0.39, 0.29) is 22.0 Å². The summed E-state index contributed by atoms with van der Waals surface area (Å²) in [7, 11) is -3.86. The molecule has 1 saturated carbocycles. The van der Waals surface area contributed by atoms with E-state index < -0.39 is 33.1 Å². The molecule has 5 heterocycles. The van der Waals surface area contributed by atoms with Crippen LogP contribution in [0.4, 0.5) is 13.6 Å². The number of alkyl halides is 2. The first-order valence-electron chi connectivity index (χ1n) is 14.2. The maximum atomic E-state index is 13.5. The molecule has 3 aromatic heterocycles. The number of aliphatic hydroxyl groups excluding tert-OH is 1. The Morgan fingerprint density at radius 2 is 1.86 bits per heavy atom. The number of urea groups is 1. The average Bonchev–Trinajstić information content (AvgIpc) is 3.34. The maximum Gasteiger partial charge on any atom is 0.320 e. The van der Waals surface area contributed by atoms with E-state index in [0.29, 0.717) is 67.4 Å². The Morgan fingerprint density at radius 3 is 2.51 bits per heavy atom. The van der Waals surface area contributed by atoms with Crippen molar-refractivity contribution in [2.75, 3.05) is 26.2 Å². The second-order valence-corrected chi connectivity index (χ2v) is 14.5. The lowest BCUT2D eigenvalue weighted by Crippen LogP contribution is -2.45. The minimum absolute atomic E-state index is 0.0243. The van der Waals surface area contributed by atoms with Gasteiger partial charge in [-0.1, -0.05) is 17.4 Å². The van der Waals surface area contributed by atoms with Crippen LogP contribution in [0.3, 0.4) is 0 Å². The van der Waals surface area contributed by atoms with Gasteiger partial charge in [0.25, 0.3) is 6.43 Å². The van der Waals surface area contributed by atoms with Crippen molar-refractivity contribution in [2.24, 2.45) is 0 Å². The Balaban J connectivity index is 1.29. The van der Waals surface area contributed by atoms with Crippen LogP contribution in [0.15, 0.2) is 29.4 Å². The number of nitrogens with one attached hydrogen (secondary N) is 1. The first kappa shape index (κ1) is 28.4. The second kappa shape index (κ2) is 10.4. The molecule has 228 valence electrons. The highest BCUT2D eigenvalue weighted by molar-refractivity contribution is 7.89. The van der Waals surface area contributed by atoms with Gasteiger partial charge in [0.15, 0.2) is 10.7 Å². The molecule has 1 atom stereocenters. The number of sulfonamides is 1. The van der Waals surface area contributed by atoms with Crippen LogP contribution in [0.25, 0.3) is 27.1 Å². The minimum Gasteiger partial charge on any atom is -0.391 e. The van der Waals surface area contributed by atoms with Gasteiger partial charge >= 0.3 is 6.03 Å². The van der Waals surface area contributed by atoms with Crippen molar-refractivity contribution in [3.05, 3.63) is 35.2 Å². The molecule has 0 radical (unpaired) electrons. The molecular formula is C27H30F2N8O4S2. The smallest absolute Gasteiger partial charge is 0.320 e. The number of halogens is 2. The molecule has 16 heteroatoms. The Hall–Kier alpha value is -3.34. The van der Waals surface area contributed by atoms with Crippen LogP contribution in [0.1, 0.15) is 62.1 Å². The topological polar surface area (TPSA) is 146 Å². The van der Waals surface area contributed by atoms with E-state index in [2.05, 4.69) is 24.9 Å². The number of hydrogen-bond acceptors (Lipinski definition) is 9. The van der Waals surface area contributed by atoms with Crippen LogP contribution in [0.5, 0.6) is 0 Å². The standard InChI is InChI=1S/C27H30F2N8O4S2/c1-27(7-8-27)34-43(40,41)17-2-3-18-19(12-17)37(25-33-32-24(42-25)22(28)29)23-20(18)21(30-14-31-23)15-4-9-35(10-5-15)26(39)36-11-6-16(38)13-36/h2-3,12,14-16,22,34,38H,4-11,13H2,1H3/t16-/m0/s1. The van der Waals surface area contributed by atoms with E-state index >= 15 is 0 Å². The van der Waals surface area contributed by atoms with E-state index in [0.717, 1.165) is 29.9 Å². The zero-order chi connectivity index (χ0) is 30.1. The minimum atomic E-state index is -3.86. The summed E-state index contributed by atoms with van der Waals surface area (Å²) < 4.78 is 57.9. The lowest BCUT2D eigenvalue weighted by Gasteiger charge is -2.34. The quantitative estimate of drug-likeness (QED) is 0.328. The number of fused-ring (bicyclic) bond motifs is 3. The fourth-order valence-corrected chi connectivity index (χ4v) is 8.25. The van der Waals surface area contributed by atoms with Gasteiger partial charge in [-0.25, -0.2) is 36.7 Å². The molecule has 12 nitrogen and oxygen atoms in total. The Kier molecular flexibility index (Phi) is 6.87. The summed E-state index contributed by atoms with van der Waals surface area (Å²) in [6.07, 6.45) is 1.49. The predicted octanol–water partition coefficient (Wildman–Crippen LogP) is 3.56. The van der Waals surface area contributed by atoms with E-state index in [9.17, 15) is 27.1 Å². The Morgan fingerprint density at radius 1 is 1.12 bits per heavy atom. The van der Waals surface area contributed by atoms with Crippen molar-refractivity contribution in [1.82, 2.24) is 39.3 Å². The molecule has 43 heavy (non-hydrogen) atoms. The molecule has 0 unspecified atom stereocenters. The zero-order valence-electron chi connectivity index (χ0n) is 23.3. The van der Waals surface area contributed by atoms with E-state index in [1.807, 2.05) is 6.92 Å². The van der Waals surface area contributed by atoms with Crippen LogP contribution in [0.2, 0.25) is 0 Å². The maximum absolute atomic E-state index is 13.5. The van der Waals surface area contributed by atoms with E-state index in [4.69, 9.17) is 0 Å². The van der Waals surface area contributed by atoms with Crippen LogP contribution in [0, 0.1) is 0 Å². The number of carbonyl (C=O) groups is 1. The number of amides is 2. The molecule has 4 aromatic rings. The van der Waals surface area contributed by atoms with E-state index in [1.54, 1.807) is 20.4 Å². The third kappa shape index (κ3) is 5.13. The molecule has 7 rings (SSSR count). The first-order valence-corrected chi connectivity index (χ1v) is 16.5. The number of β-amino-alcohol motifs (C(OH)–C–C–N with tert-alkyl or cyclic N) is 1. The van der Waals surface area contributed by atoms with Crippen molar-refractivity contribution in [2.45, 2.75) is 67.9 Å². The number of nitrogens with zero attached hydrogens (tertiary/aromatic N) is 7. The fourth-order valence-electron chi connectivity index (χ4n) is 6.05. The molecule has 3 aliphatic rings. The highest BCUT2D eigenvalue weighted by atomic mass is 32.2. The Labute approximate surface area is 249 Å². The third-order valence-corrected chi connectivity index (χ3v) is 11.2. The lowest BCUT2D eigenvalue weighted by molar-refractivity contribution is 0.136. The van der Waals surface area contributed by atoms with Gasteiger partial charge in [0.05, 0.1) is 22.2 Å². The van der Waals surface area contributed by atoms with Gasteiger partial charge in [-0.05, 0) is 51.2 Å². The summed E-state index contributed by atoms with van der Waals surface area (Å²) in [4.78, 5) is 25.7. The van der Waals surface area contributed by atoms with Crippen LogP contribution in [-0.4, -0.2) is 91.9 Å². The van der Waals surface area contributed by atoms with Crippen molar-refractivity contribution in [3.8, 4) is 5.13 Å². The molecule has 2 N–H and O–H groups in total. The highest BCUT2D eigenvalue weighted by Gasteiger charge is 2.41. The number of carbonyl (C=O) groups excluding carboxylic acids is 1. The second-order valence-electron chi connectivity index (χ2n) is 11.8. The molecule has 1 aliphatic carbocycles. The van der Waals surface area contributed by atoms with Crippen molar-refractivity contribution in [3.63, 3.8) is 0 Å². The van der Waals surface area contributed by atoms with Crippen molar-refractivity contribution < 1.29 is 27.1 Å². The molecule has 2 saturated heterocycles. The average molecular weight is 633 g/mol. The van der Waals surface area contributed by atoms with Crippen molar-refractivity contribution >= 4 is 49.3 Å². The predicted molar refractivity (Wildman–Crippen MR) is 154 cm³/mol. The van der Waals surface area contributed by atoms with Crippen LogP contribution < -0.4 is 4.72 Å². The summed E-state index contributed by atoms with van der Waals surface area (Å²) in [5, 5.41) is 18.6. The molecule has 0 bridgehead atoms. The largest absolute Gasteiger partial charge is 0.391 e. The van der Waals surface area contributed by atoms with Gasteiger partial charge in [0, 0.05) is 48.4 Å². The zero-order valence-corrected chi connectivity index (χ0v) is 24.9. The third-order valence-electron chi connectivity index (χ3n) is 8.63. The van der Waals surface area contributed by atoms with Gasteiger partial charge in [0.1, 0.15) is 6.33 Å². The summed E-state index contributed by atoms with van der Waals surface area (Å²) >= 11 is 0.717. The molecule has 2 aliphatic heterocycles. The highest BCUT2D eigenvalue weighted by Crippen LogP contribution is 2.41. The monoisotopic (exact) mass is 632 g/mol. The number of piperidine rings is 1. The molecule has 3 fully saturated rings. The fraction of sp³-hybridized carbons (Fsp3) is 0.519. The molecule has 2 amide bonds. The van der Waals surface area contributed by atoms with Gasteiger partial charge < -0.3 is 14.9 Å². The normalized spacial score (nSPS) is 21.0. The SMILES string of the molecule is CC1(NS(=O)(=O)c2ccc3c4c(C5CCN(C(=O)N6CC[C@H](O)C6)CC5)ncnc4n(-c4nnc(C(F)F)s4)c3c2)CC1. The molecule has 1 aromatic carbocycles. The molecule has 0 spiro atoms. The number of aliphatic hydroxyl groups is 1. The summed E-state index contributed by atoms with van der Waals surface area (Å²) in [6, 6.07) is 4.68. The van der Waals surface area contributed by atoms with Gasteiger partial charge in [-0.2, -0.15) is 0 Å². The summed E-state index contributed by atoms with van der Waals surface area (Å²) in [6.45, 7) is 3.76. The Bertz CT molecular complexity index is 1830. The number of hydrogen-bond donors (Lipinski definition) is 2. The lowest BCUT2D eigenvalue weighted by atomic mass is 9.91. The van der Waals surface area contributed by atoms with Crippen molar-refractivity contribution in [1.29, 1.82) is 0 Å². The van der Waals surface area contributed by atoms with Gasteiger partial charge in [0.2, 0.25) is 15.2 Å². The summed E-state index contributed by atoms with van der Waals surface area (Å²) in [5.74, 6) is -0.0243. The number of aromatic nitrogens is 5. The van der Waals surface area contributed by atoms with E-state index in [1.165, 1.54) is 18.5 Å². The number of rotatable bonds is 6. The number of benzene rings is 1. The van der Waals surface area contributed by atoms with Gasteiger partial charge in [-0.3, -0.25) is 4.57 Å².